The van der Waals surface area contributed by atoms with E-state index in [0.29, 0.717) is 23.0 Å². The van der Waals surface area contributed by atoms with E-state index in [-0.39, 0.29) is 23.5 Å². The predicted molar refractivity (Wildman–Crippen MR) is 154 cm³/mol. The molecular formula is C31H24ClN5O3. The van der Waals surface area contributed by atoms with Crippen molar-refractivity contribution in [1.82, 2.24) is 15.4 Å². The zero-order valence-electron chi connectivity index (χ0n) is 21.4. The van der Waals surface area contributed by atoms with Gasteiger partial charge in [-0.05, 0) is 65.4 Å². The van der Waals surface area contributed by atoms with Gasteiger partial charge in [0.2, 0.25) is 11.9 Å². The molecule has 2 atom stereocenters. The summed E-state index contributed by atoms with van der Waals surface area (Å²) in [7, 11) is 0. The average molecular weight is 550 g/mol. The molecule has 1 fully saturated rings. The predicted octanol–water partition coefficient (Wildman–Crippen LogP) is 6.37. The van der Waals surface area contributed by atoms with Crippen molar-refractivity contribution in [2.24, 2.45) is 0 Å². The normalized spacial score (nSPS) is 18.9. The van der Waals surface area contributed by atoms with E-state index in [1.165, 1.54) is 0 Å². The summed E-state index contributed by atoms with van der Waals surface area (Å²) in [6.07, 6.45) is 0.640. The molecule has 2 unspecified atom stereocenters. The number of nitrogens with one attached hydrogen (secondary N) is 4. The van der Waals surface area contributed by atoms with E-state index in [1.807, 2.05) is 73.7 Å². The molecule has 198 valence electrons. The fourth-order valence-corrected chi connectivity index (χ4v) is 6.10. The van der Waals surface area contributed by atoms with Crippen LogP contribution in [0.25, 0.3) is 22.3 Å². The number of phenolic OH excluding ortho intramolecular Hbond substituents is 1. The zero-order chi connectivity index (χ0) is 27.6. The highest BCUT2D eigenvalue weighted by atomic mass is 35.5. The summed E-state index contributed by atoms with van der Waals surface area (Å²) in [5.74, 6) is 0.194. The second-order valence-corrected chi connectivity index (χ2v) is 10.8. The maximum atomic E-state index is 13.4. The van der Waals surface area contributed by atoms with Gasteiger partial charge < -0.3 is 10.4 Å². The molecule has 1 aromatic heterocycles. The van der Waals surface area contributed by atoms with Crippen molar-refractivity contribution in [3.8, 4) is 28.0 Å². The molecular weight excluding hydrogens is 526 g/mol. The number of fused-ring (bicyclic) bond motifs is 2. The topological polar surface area (TPSA) is 123 Å². The number of aryl methyl sites for hydroxylation is 1. The largest absolute Gasteiger partial charge is 0.507 e. The van der Waals surface area contributed by atoms with Crippen LogP contribution in [0.15, 0.2) is 78.9 Å². The minimum absolute atomic E-state index is 0.0544. The molecule has 2 heterocycles. The number of halogens is 1. The van der Waals surface area contributed by atoms with Gasteiger partial charge in [-0.1, -0.05) is 66.2 Å². The minimum atomic E-state index is -0.711. The Bertz CT molecular complexity index is 1810. The summed E-state index contributed by atoms with van der Waals surface area (Å²) in [6, 6.07) is 24.7. The maximum Gasteiger partial charge on any atom is 0.258 e. The van der Waals surface area contributed by atoms with E-state index in [9.17, 15) is 14.7 Å². The van der Waals surface area contributed by atoms with Gasteiger partial charge in [0.25, 0.3) is 5.91 Å². The second-order valence-electron chi connectivity index (χ2n) is 10.4. The summed E-state index contributed by atoms with van der Waals surface area (Å²) >= 11 is 6.72. The molecule has 5 N–H and O–H groups in total. The Balaban J connectivity index is 1.22. The van der Waals surface area contributed by atoms with Gasteiger partial charge >= 0.3 is 0 Å². The lowest BCUT2D eigenvalue weighted by molar-refractivity contribution is -0.118. The average Bonchev–Trinajstić information content (AvgIpc) is 3.62. The third kappa shape index (κ3) is 3.71. The molecule has 0 bridgehead atoms. The first-order chi connectivity index (χ1) is 19.3. The highest BCUT2D eigenvalue weighted by Gasteiger charge is 2.65. The standard InChI is InChI=1S/C31H24ClN5O3/c1-16-6-7-19(12-21(16)28(39)34-30-35-37-36-30)24-15-31(24)23-13-22(25(32)14-26(23)33-29(31)40)18-10-8-17(9-11-18)20-4-2-3-5-27(20)38/h2-14,24,37-38H,15H2,1H3,(H,33,40)(H2,34,35,36,39). The number of benzene rings is 4. The Labute approximate surface area is 234 Å². The van der Waals surface area contributed by atoms with Crippen LogP contribution < -0.4 is 10.6 Å². The Morgan fingerprint density at radius 2 is 1.75 bits per heavy atom. The molecule has 1 spiro atoms. The number of amides is 2. The van der Waals surface area contributed by atoms with Crippen LogP contribution in [0.2, 0.25) is 5.02 Å². The number of aromatic amines is 2. The summed E-state index contributed by atoms with van der Waals surface area (Å²) in [5.41, 5.74) is 6.62. The van der Waals surface area contributed by atoms with Crippen molar-refractivity contribution in [3.63, 3.8) is 0 Å². The summed E-state index contributed by atoms with van der Waals surface area (Å²) in [6.45, 7) is 1.88. The SMILES string of the molecule is Cc1ccc(C2CC23C(=O)Nc2cc(Cl)c(-c4ccc(-c5ccccc5O)cc4)cc23)cc1C(=O)Nc1n[nH][nH]1. The molecule has 8 nitrogen and oxygen atoms in total. The first-order valence-corrected chi connectivity index (χ1v) is 13.3. The van der Waals surface area contributed by atoms with Gasteiger partial charge in [0.1, 0.15) is 5.75 Å². The molecule has 1 aliphatic heterocycles. The maximum absolute atomic E-state index is 13.4. The number of para-hydroxylation sites is 1. The van der Waals surface area contributed by atoms with E-state index < -0.39 is 5.41 Å². The van der Waals surface area contributed by atoms with Gasteiger partial charge in [-0.3, -0.25) is 20.0 Å². The summed E-state index contributed by atoms with van der Waals surface area (Å²) in [4.78, 5) is 26.2. The Morgan fingerprint density at radius 3 is 2.45 bits per heavy atom. The molecule has 0 radical (unpaired) electrons. The van der Waals surface area contributed by atoms with E-state index in [0.717, 1.165) is 44.6 Å². The lowest BCUT2D eigenvalue weighted by atomic mass is 9.89. The van der Waals surface area contributed by atoms with Crippen molar-refractivity contribution in [1.29, 1.82) is 0 Å². The summed E-state index contributed by atoms with van der Waals surface area (Å²) < 4.78 is 0. The molecule has 9 heteroatoms. The van der Waals surface area contributed by atoms with Crippen LogP contribution in [0.5, 0.6) is 5.75 Å². The van der Waals surface area contributed by atoms with Crippen molar-refractivity contribution in [2.75, 3.05) is 10.6 Å². The number of aromatic hydroxyl groups is 1. The van der Waals surface area contributed by atoms with Gasteiger partial charge in [0.15, 0.2) is 0 Å². The molecule has 0 saturated heterocycles. The fraction of sp³-hybridized carbons (Fsp3) is 0.129. The van der Waals surface area contributed by atoms with Gasteiger partial charge in [-0.25, -0.2) is 5.21 Å². The van der Waals surface area contributed by atoms with Gasteiger partial charge in [0, 0.05) is 28.3 Å². The van der Waals surface area contributed by atoms with Crippen LogP contribution in [-0.2, 0) is 10.2 Å². The molecule has 1 aliphatic carbocycles. The summed E-state index contributed by atoms with van der Waals surface area (Å²) in [5, 5.41) is 25.6. The van der Waals surface area contributed by atoms with Gasteiger partial charge in [0.05, 0.1) is 10.4 Å². The number of nitrogens with zero attached hydrogens (tertiary/aromatic N) is 1. The number of H-pyrrole nitrogens is 2. The molecule has 1 saturated carbocycles. The molecule has 4 aromatic carbocycles. The number of rotatable bonds is 5. The van der Waals surface area contributed by atoms with Crippen LogP contribution >= 0.6 is 11.6 Å². The number of aromatic nitrogens is 3. The van der Waals surface area contributed by atoms with E-state index in [4.69, 9.17) is 11.6 Å². The van der Waals surface area contributed by atoms with Gasteiger partial charge in [-0.15, -0.1) is 5.10 Å². The smallest absolute Gasteiger partial charge is 0.258 e. The Kier molecular flexibility index (Phi) is 5.37. The van der Waals surface area contributed by atoms with Crippen LogP contribution in [0.3, 0.4) is 0 Å². The number of hydrogen-bond donors (Lipinski definition) is 5. The Hall–Kier alpha value is -4.82. The van der Waals surface area contributed by atoms with Crippen molar-refractivity contribution in [3.05, 3.63) is 106 Å². The molecule has 40 heavy (non-hydrogen) atoms. The highest BCUT2D eigenvalue weighted by Crippen LogP contribution is 2.65. The lowest BCUT2D eigenvalue weighted by Crippen LogP contribution is -2.21. The van der Waals surface area contributed by atoms with E-state index in [1.54, 1.807) is 12.1 Å². The third-order valence-corrected chi connectivity index (χ3v) is 8.41. The number of carbonyl (C=O) groups is 2. The van der Waals surface area contributed by atoms with Gasteiger partial charge in [-0.2, -0.15) is 0 Å². The van der Waals surface area contributed by atoms with E-state index >= 15 is 0 Å². The van der Waals surface area contributed by atoms with Crippen LogP contribution in [0, 0.1) is 6.92 Å². The zero-order valence-corrected chi connectivity index (χ0v) is 22.1. The number of carbonyl (C=O) groups excluding carboxylic acids is 2. The first kappa shape index (κ1) is 24.2. The second kappa shape index (κ2) is 8.86. The van der Waals surface area contributed by atoms with Crippen molar-refractivity contribution >= 4 is 35.1 Å². The Morgan fingerprint density at radius 1 is 1.02 bits per heavy atom. The van der Waals surface area contributed by atoms with Crippen molar-refractivity contribution in [2.45, 2.75) is 24.7 Å². The van der Waals surface area contributed by atoms with Crippen molar-refractivity contribution < 1.29 is 14.7 Å². The van der Waals surface area contributed by atoms with Crippen LogP contribution in [-0.4, -0.2) is 32.3 Å². The monoisotopic (exact) mass is 549 g/mol. The number of anilines is 2. The molecule has 5 aromatic rings. The fourth-order valence-electron chi connectivity index (χ4n) is 5.83. The van der Waals surface area contributed by atoms with Crippen LogP contribution in [0.4, 0.5) is 11.6 Å². The van der Waals surface area contributed by atoms with E-state index in [2.05, 4.69) is 26.0 Å². The first-order valence-electron chi connectivity index (χ1n) is 12.9. The molecule has 2 amide bonds. The molecule has 7 rings (SSSR count). The lowest BCUT2D eigenvalue weighted by Gasteiger charge is -2.14. The quantitative estimate of drug-likeness (QED) is 0.175. The minimum Gasteiger partial charge on any atom is -0.507 e. The third-order valence-electron chi connectivity index (χ3n) is 8.10. The molecule has 2 aliphatic rings. The highest BCUT2D eigenvalue weighted by molar-refractivity contribution is 6.34. The number of hydrogen-bond acceptors (Lipinski definition) is 4. The van der Waals surface area contributed by atoms with Crippen LogP contribution in [0.1, 0.15) is 39.4 Å². The number of phenols is 1.